The van der Waals surface area contributed by atoms with E-state index in [4.69, 9.17) is 4.74 Å². The van der Waals surface area contributed by atoms with E-state index in [1.54, 1.807) is 38.4 Å². The second kappa shape index (κ2) is 7.53. The van der Waals surface area contributed by atoms with E-state index < -0.39 is 17.5 Å². The molecular formula is C22H18F2N2O3S. The third-order valence-corrected chi connectivity index (χ3v) is 6.05. The van der Waals surface area contributed by atoms with Crippen LogP contribution in [0.4, 0.5) is 14.5 Å². The van der Waals surface area contributed by atoms with Crippen LogP contribution < -0.4 is 9.64 Å². The molecule has 4 rings (SSSR count). The molecule has 0 unspecified atom stereocenters. The van der Waals surface area contributed by atoms with Crippen molar-refractivity contribution in [1.82, 2.24) is 4.90 Å². The second-order valence-corrected chi connectivity index (χ2v) is 8.18. The summed E-state index contributed by atoms with van der Waals surface area (Å²) in [5, 5.41) is 0. The van der Waals surface area contributed by atoms with Crippen molar-refractivity contribution in [2.75, 3.05) is 26.0 Å². The molecule has 30 heavy (non-hydrogen) atoms. The molecule has 0 spiro atoms. The molecule has 1 aromatic heterocycles. The Morgan fingerprint density at radius 1 is 1.00 bits per heavy atom. The molecule has 2 aromatic carbocycles. The van der Waals surface area contributed by atoms with Crippen molar-refractivity contribution in [3.05, 3.63) is 70.1 Å². The fraction of sp³-hybridized carbons (Fsp3) is 0.182. The summed E-state index contributed by atoms with van der Waals surface area (Å²) in [5.41, 5.74) is 2.06. The molecule has 1 aliphatic heterocycles. The summed E-state index contributed by atoms with van der Waals surface area (Å²) in [6.07, 6.45) is 0. The third-order valence-electron chi connectivity index (χ3n) is 4.86. The van der Waals surface area contributed by atoms with Crippen LogP contribution in [0.15, 0.2) is 42.5 Å². The van der Waals surface area contributed by atoms with Crippen molar-refractivity contribution in [1.29, 1.82) is 0 Å². The zero-order valence-electron chi connectivity index (χ0n) is 16.5. The van der Waals surface area contributed by atoms with Crippen LogP contribution in [0.1, 0.15) is 25.6 Å². The van der Waals surface area contributed by atoms with E-state index in [0.29, 0.717) is 22.8 Å². The minimum atomic E-state index is -0.812. The van der Waals surface area contributed by atoms with Crippen LogP contribution in [-0.4, -0.2) is 37.9 Å². The smallest absolute Gasteiger partial charge is 0.268 e. The number of carbonyl (C=O) groups is 2. The number of fused-ring (bicyclic) bond motifs is 3. The highest BCUT2D eigenvalue weighted by atomic mass is 32.1. The first-order valence-corrected chi connectivity index (χ1v) is 9.92. The summed E-state index contributed by atoms with van der Waals surface area (Å²) in [4.78, 5) is 29.1. The molecule has 0 aliphatic carbocycles. The number of anilines is 1. The number of nitrogens with zero attached hydrogens (tertiary/aromatic N) is 2. The van der Waals surface area contributed by atoms with E-state index in [0.717, 1.165) is 33.0 Å². The van der Waals surface area contributed by atoms with Crippen molar-refractivity contribution in [2.45, 2.75) is 6.61 Å². The molecule has 3 aromatic rings. The first-order valence-electron chi connectivity index (χ1n) is 9.11. The Bertz CT molecular complexity index is 1170. The molecule has 0 radical (unpaired) electrons. The molecule has 0 bridgehead atoms. The maximum absolute atomic E-state index is 14.1. The highest BCUT2D eigenvalue weighted by Gasteiger charge is 2.26. The molecule has 1 aliphatic rings. The Kier molecular flexibility index (Phi) is 5.03. The van der Waals surface area contributed by atoms with Crippen LogP contribution in [0.3, 0.4) is 0 Å². The zero-order chi connectivity index (χ0) is 21.6. The lowest BCUT2D eigenvalue weighted by Crippen LogP contribution is -2.26. The molecule has 0 N–H and O–H groups in total. The number of hydrogen-bond acceptors (Lipinski definition) is 4. The molecule has 154 valence electrons. The van der Waals surface area contributed by atoms with Crippen LogP contribution in [0.25, 0.3) is 10.4 Å². The first-order chi connectivity index (χ1) is 14.3. The maximum Gasteiger partial charge on any atom is 0.268 e. The van der Waals surface area contributed by atoms with Crippen LogP contribution in [0.5, 0.6) is 5.75 Å². The summed E-state index contributed by atoms with van der Waals surface area (Å²) in [6, 6.07) is 10.00. The predicted octanol–water partition coefficient (Wildman–Crippen LogP) is 4.56. The standard InChI is InChI=1S/C22H18F2N2O3S/c1-25(2)21(27)12-4-7-18-15(8-12)20-13(11-29-18)9-19(30-20)22(28)26(3)17-6-5-14(23)10-16(17)24/h4-10H,11H2,1-3H3. The summed E-state index contributed by atoms with van der Waals surface area (Å²) in [6.45, 7) is 0.293. The van der Waals surface area contributed by atoms with E-state index in [1.807, 2.05) is 0 Å². The lowest BCUT2D eigenvalue weighted by atomic mass is 10.0. The molecule has 0 saturated carbocycles. The monoisotopic (exact) mass is 428 g/mol. The van der Waals surface area contributed by atoms with Crippen LogP contribution >= 0.6 is 11.3 Å². The molecule has 0 saturated heterocycles. The summed E-state index contributed by atoms with van der Waals surface area (Å²) >= 11 is 1.25. The average molecular weight is 428 g/mol. The number of amides is 2. The number of ether oxygens (including phenoxy) is 1. The third kappa shape index (κ3) is 3.43. The fourth-order valence-corrected chi connectivity index (χ4v) is 4.44. The topological polar surface area (TPSA) is 49.9 Å². The van der Waals surface area contributed by atoms with Crippen molar-refractivity contribution in [3.8, 4) is 16.2 Å². The number of thiophene rings is 1. The van der Waals surface area contributed by atoms with Crippen molar-refractivity contribution < 1.29 is 23.1 Å². The van der Waals surface area contributed by atoms with Gasteiger partial charge in [-0.1, -0.05) is 0 Å². The highest BCUT2D eigenvalue weighted by molar-refractivity contribution is 7.17. The number of halogens is 2. The number of hydrogen-bond donors (Lipinski definition) is 0. The number of benzene rings is 2. The zero-order valence-corrected chi connectivity index (χ0v) is 17.3. The van der Waals surface area contributed by atoms with E-state index in [2.05, 4.69) is 0 Å². The lowest BCUT2D eigenvalue weighted by Gasteiger charge is -2.19. The van der Waals surface area contributed by atoms with E-state index in [-0.39, 0.29) is 11.6 Å². The molecule has 0 fully saturated rings. The van der Waals surface area contributed by atoms with E-state index >= 15 is 0 Å². The summed E-state index contributed by atoms with van der Waals surface area (Å²) < 4.78 is 33.1. The number of rotatable bonds is 3. The molecular weight excluding hydrogens is 410 g/mol. The van der Waals surface area contributed by atoms with Crippen LogP contribution in [0.2, 0.25) is 0 Å². The maximum atomic E-state index is 14.1. The van der Waals surface area contributed by atoms with E-state index in [1.165, 1.54) is 29.4 Å². The van der Waals surface area contributed by atoms with Gasteiger partial charge in [-0.3, -0.25) is 9.59 Å². The van der Waals surface area contributed by atoms with Crippen molar-refractivity contribution >= 4 is 28.8 Å². The molecule has 2 heterocycles. The van der Waals surface area contributed by atoms with Gasteiger partial charge in [0, 0.05) is 48.8 Å². The first kappa shape index (κ1) is 20.0. The Balaban J connectivity index is 1.70. The highest BCUT2D eigenvalue weighted by Crippen LogP contribution is 2.43. The minimum absolute atomic E-state index is 0.0108. The van der Waals surface area contributed by atoms with Gasteiger partial charge in [-0.05, 0) is 36.4 Å². The van der Waals surface area contributed by atoms with Gasteiger partial charge in [-0.2, -0.15) is 0 Å². The van der Waals surface area contributed by atoms with Gasteiger partial charge in [-0.25, -0.2) is 8.78 Å². The predicted molar refractivity (Wildman–Crippen MR) is 111 cm³/mol. The van der Waals surface area contributed by atoms with Gasteiger partial charge in [0.1, 0.15) is 24.0 Å². The van der Waals surface area contributed by atoms with E-state index in [9.17, 15) is 18.4 Å². The summed E-state index contributed by atoms with van der Waals surface area (Å²) in [7, 11) is 4.79. The van der Waals surface area contributed by atoms with Crippen LogP contribution in [-0.2, 0) is 6.61 Å². The molecule has 5 nitrogen and oxygen atoms in total. The molecule has 2 amide bonds. The summed E-state index contributed by atoms with van der Waals surface area (Å²) in [5.74, 6) is -1.43. The van der Waals surface area contributed by atoms with Gasteiger partial charge in [0.05, 0.1) is 10.6 Å². The van der Waals surface area contributed by atoms with Gasteiger partial charge >= 0.3 is 0 Å². The average Bonchev–Trinajstić information content (AvgIpc) is 3.16. The van der Waals surface area contributed by atoms with Gasteiger partial charge in [0.15, 0.2) is 0 Å². The Hall–Kier alpha value is -3.26. The molecule has 0 atom stereocenters. The van der Waals surface area contributed by atoms with Gasteiger partial charge in [0.25, 0.3) is 11.8 Å². The Morgan fingerprint density at radius 2 is 1.77 bits per heavy atom. The van der Waals surface area contributed by atoms with Crippen LogP contribution in [0, 0.1) is 11.6 Å². The largest absolute Gasteiger partial charge is 0.488 e. The van der Waals surface area contributed by atoms with Gasteiger partial charge in [0.2, 0.25) is 0 Å². The van der Waals surface area contributed by atoms with Gasteiger partial charge < -0.3 is 14.5 Å². The normalized spacial score (nSPS) is 11.9. The fourth-order valence-electron chi connectivity index (χ4n) is 3.28. The SMILES string of the molecule is CN(C)C(=O)c1ccc2c(c1)-c1sc(C(=O)N(C)c3ccc(F)cc3F)cc1CO2. The second-order valence-electron chi connectivity index (χ2n) is 7.12. The number of carbonyl (C=O) groups excluding carboxylic acids is 2. The molecule has 8 heteroatoms. The lowest BCUT2D eigenvalue weighted by molar-refractivity contribution is 0.0827. The Morgan fingerprint density at radius 3 is 2.47 bits per heavy atom. The van der Waals surface area contributed by atoms with Crippen molar-refractivity contribution in [2.24, 2.45) is 0 Å². The quantitative estimate of drug-likeness (QED) is 0.614. The van der Waals surface area contributed by atoms with Crippen molar-refractivity contribution in [3.63, 3.8) is 0 Å². The Labute approximate surface area is 176 Å². The minimum Gasteiger partial charge on any atom is -0.488 e. The van der Waals surface area contributed by atoms with Gasteiger partial charge in [-0.15, -0.1) is 11.3 Å².